The van der Waals surface area contributed by atoms with Gasteiger partial charge in [-0.3, -0.25) is 5.41 Å². The maximum absolute atomic E-state index is 6.73. The second kappa shape index (κ2) is 3.90. The largest absolute Gasteiger partial charge is 0.270 e. The lowest BCUT2D eigenvalue weighted by Crippen LogP contribution is -2.25. The Morgan fingerprint density at radius 1 is 1.47 bits per heavy atom. The summed E-state index contributed by atoms with van der Waals surface area (Å²) in [6, 6.07) is 8.00. The Balaban J connectivity index is 2.57. The summed E-state index contributed by atoms with van der Waals surface area (Å²) in [5.41, 5.74) is 2.16. The number of nitrogens with zero attached hydrogens (tertiary/aromatic N) is 3. The van der Waals surface area contributed by atoms with Crippen LogP contribution in [0.1, 0.15) is 0 Å². The highest BCUT2D eigenvalue weighted by atomic mass is 15.4. The summed E-state index contributed by atoms with van der Waals surface area (Å²) in [4.78, 5) is 0. The average molecular weight is 199 g/mol. The van der Waals surface area contributed by atoms with Crippen LogP contribution in [0, 0.1) is 5.41 Å². The van der Waals surface area contributed by atoms with Crippen LogP contribution in [0.15, 0.2) is 41.8 Å². The second-order valence-electron chi connectivity index (χ2n) is 3.14. The molecule has 1 heterocycles. The smallest absolute Gasteiger partial charge is 0.259 e. The van der Waals surface area contributed by atoms with E-state index in [1.165, 1.54) is 6.08 Å². The van der Waals surface area contributed by atoms with Gasteiger partial charge in [0.2, 0.25) is 5.52 Å². The van der Waals surface area contributed by atoms with E-state index < -0.39 is 0 Å². The van der Waals surface area contributed by atoms with Crippen LogP contribution in [0.4, 0.5) is 0 Å². The molecule has 0 aliphatic heterocycles. The van der Waals surface area contributed by atoms with Gasteiger partial charge >= 0.3 is 0 Å². The highest BCUT2D eigenvalue weighted by Crippen LogP contribution is 2.09. The Morgan fingerprint density at radius 3 is 3.07 bits per heavy atom. The maximum Gasteiger partial charge on any atom is 0.270 e. The van der Waals surface area contributed by atoms with Gasteiger partial charge in [0.05, 0.1) is 13.3 Å². The first kappa shape index (κ1) is 9.37. The summed E-state index contributed by atoms with van der Waals surface area (Å²) in [5, 5.41) is 10.9. The number of imidazole rings is 1. The van der Waals surface area contributed by atoms with Gasteiger partial charge in [-0.2, -0.15) is 0 Å². The summed E-state index contributed by atoms with van der Waals surface area (Å²) in [7, 11) is 1.97. The molecule has 0 saturated carbocycles. The Morgan fingerprint density at radius 2 is 2.27 bits per heavy atom. The highest BCUT2D eigenvalue weighted by Gasteiger charge is 2.10. The SMILES string of the molecule is C[n+]1cn(/N=C/C=C=N)c2ccccc21. The molecule has 0 fully saturated rings. The minimum absolute atomic E-state index is 1.04. The molecule has 0 aliphatic rings. The van der Waals surface area contributed by atoms with E-state index in [-0.39, 0.29) is 0 Å². The fourth-order valence-corrected chi connectivity index (χ4v) is 1.48. The van der Waals surface area contributed by atoms with E-state index >= 15 is 0 Å². The van der Waals surface area contributed by atoms with E-state index in [2.05, 4.69) is 11.0 Å². The molecule has 1 N–H and O–H groups in total. The van der Waals surface area contributed by atoms with Crippen LogP contribution in [0.25, 0.3) is 11.0 Å². The molecule has 0 spiro atoms. The third-order valence-corrected chi connectivity index (χ3v) is 2.14. The predicted octanol–water partition coefficient (Wildman–Crippen LogP) is 1.10. The van der Waals surface area contributed by atoms with Crippen LogP contribution in [0.2, 0.25) is 0 Å². The minimum Gasteiger partial charge on any atom is -0.259 e. The zero-order chi connectivity index (χ0) is 10.7. The van der Waals surface area contributed by atoms with Crippen LogP contribution >= 0.6 is 0 Å². The molecule has 0 unspecified atom stereocenters. The van der Waals surface area contributed by atoms with E-state index in [1.54, 1.807) is 10.9 Å². The Kier molecular flexibility index (Phi) is 2.44. The standard InChI is InChI=1S/C11H11N4/c1-14-9-15(13-8-4-7-12)11-6-3-2-5-10(11)14/h2-6,8-9,12H,1H3/q+1/b13-8+. The normalized spacial score (nSPS) is 10.7. The molecule has 1 aromatic carbocycles. The molecule has 2 rings (SSSR count). The third-order valence-electron chi connectivity index (χ3n) is 2.14. The van der Waals surface area contributed by atoms with Crippen molar-refractivity contribution in [2.75, 3.05) is 0 Å². The fourth-order valence-electron chi connectivity index (χ4n) is 1.48. The van der Waals surface area contributed by atoms with Crippen molar-refractivity contribution < 1.29 is 4.57 Å². The molecule has 4 heteroatoms. The van der Waals surface area contributed by atoms with Gasteiger partial charge in [-0.05, 0) is 18.0 Å². The molecule has 0 radical (unpaired) electrons. The van der Waals surface area contributed by atoms with E-state index in [0.717, 1.165) is 11.0 Å². The summed E-state index contributed by atoms with van der Waals surface area (Å²) in [6.45, 7) is 0. The lowest BCUT2D eigenvalue weighted by molar-refractivity contribution is -0.645. The second-order valence-corrected chi connectivity index (χ2v) is 3.14. The molecule has 4 nitrogen and oxygen atoms in total. The maximum atomic E-state index is 6.73. The fraction of sp³-hybridized carbons (Fsp3) is 0.0909. The zero-order valence-electron chi connectivity index (χ0n) is 8.38. The van der Waals surface area contributed by atoms with Gasteiger partial charge in [0, 0.05) is 6.08 Å². The van der Waals surface area contributed by atoms with Gasteiger partial charge in [-0.1, -0.05) is 21.9 Å². The van der Waals surface area contributed by atoms with E-state index in [9.17, 15) is 0 Å². The van der Waals surface area contributed by atoms with Crippen LogP contribution < -0.4 is 4.57 Å². The first-order chi connectivity index (χ1) is 7.33. The number of allylic oxidation sites excluding steroid dienone is 1. The van der Waals surface area contributed by atoms with Crippen LogP contribution in [-0.2, 0) is 7.05 Å². The van der Waals surface area contributed by atoms with Gasteiger partial charge in [0.15, 0.2) is 5.52 Å². The molecule has 0 amide bonds. The lowest BCUT2D eigenvalue weighted by Gasteiger charge is -1.84. The molecule has 1 aromatic heterocycles. The van der Waals surface area contributed by atoms with E-state index in [0.29, 0.717) is 0 Å². The lowest BCUT2D eigenvalue weighted by atomic mass is 10.3. The summed E-state index contributed by atoms with van der Waals surface area (Å²) in [6.07, 6.45) is 4.88. The monoisotopic (exact) mass is 199 g/mol. The first-order valence-corrected chi connectivity index (χ1v) is 4.57. The third kappa shape index (κ3) is 1.71. The Bertz CT molecular complexity index is 559. The van der Waals surface area contributed by atoms with Gasteiger partial charge in [0.25, 0.3) is 6.33 Å². The molecule has 74 valence electrons. The number of para-hydroxylation sites is 2. The number of rotatable bonds is 2. The summed E-state index contributed by atoms with van der Waals surface area (Å²) >= 11 is 0. The molecule has 2 aromatic rings. The first-order valence-electron chi connectivity index (χ1n) is 4.57. The van der Waals surface area contributed by atoms with Crippen molar-refractivity contribution in [1.82, 2.24) is 4.68 Å². The molecule has 15 heavy (non-hydrogen) atoms. The molecule has 0 bridgehead atoms. The number of fused-ring (bicyclic) bond motifs is 1. The molecule has 0 atom stereocenters. The van der Waals surface area contributed by atoms with Gasteiger partial charge in [0.1, 0.15) is 0 Å². The molecule has 0 saturated heterocycles. The van der Waals surface area contributed by atoms with Crippen molar-refractivity contribution in [2.45, 2.75) is 0 Å². The van der Waals surface area contributed by atoms with Crippen molar-refractivity contribution in [3.05, 3.63) is 36.7 Å². The van der Waals surface area contributed by atoms with Gasteiger partial charge in [-0.15, -0.1) is 0 Å². The number of benzene rings is 1. The number of aryl methyl sites for hydroxylation is 1. The zero-order valence-corrected chi connectivity index (χ0v) is 8.38. The van der Waals surface area contributed by atoms with Gasteiger partial charge in [-0.25, -0.2) is 4.57 Å². The van der Waals surface area contributed by atoms with Crippen molar-refractivity contribution in [3.63, 3.8) is 0 Å². The molecular formula is C11H11N4+. The number of aromatic nitrogens is 2. The van der Waals surface area contributed by atoms with Crippen LogP contribution in [-0.4, -0.2) is 16.8 Å². The summed E-state index contributed by atoms with van der Waals surface area (Å²) in [5.74, 6) is 2.15. The quantitative estimate of drug-likeness (QED) is 0.556. The van der Waals surface area contributed by atoms with E-state index in [4.69, 9.17) is 5.41 Å². The van der Waals surface area contributed by atoms with Crippen molar-refractivity contribution in [2.24, 2.45) is 12.1 Å². The average Bonchev–Trinajstić information content (AvgIpc) is 2.58. The number of hydrogen-bond donors (Lipinski definition) is 1. The number of hydrogen-bond acceptors (Lipinski definition) is 2. The van der Waals surface area contributed by atoms with E-state index in [1.807, 2.05) is 42.2 Å². The van der Waals surface area contributed by atoms with Crippen molar-refractivity contribution in [3.8, 4) is 0 Å². The van der Waals surface area contributed by atoms with Crippen molar-refractivity contribution >= 4 is 23.1 Å². The summed E-state index contributed by atoms with van der Waals surface area (Å²) < 4.78 is 3.77. The van der Waals surface area contributed by atoms with Gasteiger partial charge < -0.3 is 0 Å². The Hall–Kier alpha value is -2.19. The minimum atomic E-state index is 1.04. The number of nitrogens with one attached hydrogen (secondary N) is 1. The Labute approximate surface area is 87.3 Å². The highest BCUT2D eigenvalue weighted by molar-refractivity contribution is 5.82. The van der Waals surface area contributed by atoms with Crippen LogP contribution in [0.5, 0.6) is 0 Å². The molecule has 0 aliphatic carbocycles. The van der Waals surface area contributed by atoms with Crippen molar-refractivity contribution in [1.29, 1.82) is 5.41 Å². The molecular weight excluding hydrogens is 188 g/mol. The predicted molar refractivity (Wildman–Crippen MR) is 59.3 cm³/mol. The van der Waals surface area contributed by atoms with Crippen LogP contribution in [0.3, 0.4) is 0 Å². The topological polar surface area (TPSA) is 45.0 Å².